The van der Waals surface area contributed by atoms with Gasteiger partial charge in [0.1, 0.15) is 4.87 Å². The van der Waals surface area contributed by atoms with Crippen LogP contribution in [-0.2, 0) is 0 Å². The molecule has 0 aromatic rings. The largest absolute Gasteiger partial charge is 0.118 e. The van der Waals surface area contributed by atoms with Gasteiger partial charge in [0.25, 0.3) is 0 Å². The van der Waals surface area contributed by atoms with Gasteiger partial charge < -0.3 is 0 Å². The van der Waals surface area contributed by atoms with Crippen molar-refractivity contribution in [3.63, 3.8) is 0 Å². The molecule has 5 atom stereocenters. The van der Waals surface area contributed by atoms with Crippen molar-refractivity contribution in [1.82, 2.24) is 0 Å². The number of fused-ring (bicyclic) bond motifs is 5. The van der Waals surface area contributed by atoms with Gasteiger partial charge in [0, 0.05) is 5.03 Å². The minimum atomic E-state index is -0.546. The van der Waals surface area contributed by atoms with E-state index in [1.165, 1.54) is 0 Å². The van der Waals surface area contributed by atoms with Gasteiger partial charge in [-0.05, 0) is 24.3 Å². The Balaban J connectivity index is 2.21. The molecule has 2 saturated carbocycles. The third-order valence-electron chi connectivity index (χ3n) is 3.37. The molecule has 0 saturated heterocycles. The lowest BCUT2D eigenvalue weighted by atomic mass is 10.0. The van der Waals surface area contributed by atoms with E-state index in [1.54, 1.807) is 0 Å². The van der Waals surface area contributed by atoms with Gasteiger partial charge in [-0.25, -0.2) is 0 Å². The Morgan fingerprint density at radius 2 is 2.00 bits per heavy atom. The van der Waals surface area contributed by atoms with Gasteiger partial charge in [0.2, 0.25) is 0 Å². The van der Waals surface area contributed by atoms with E-state index in [0.29, 0.717) is 16.9 Å². The minimum Gasteiger partial charge on any atom is -0.118 e. The molecule has 0 nitrogen and oxygen atoms in total. The molecule has 12 heavy (non-hydrogen) atoms. The fourth-order valence-electron chi connectivity index (χ4n) is 2.63. The van der Waals surface area contributed by atoms with Crippen LogP contribution in [0.5, 0.6) is 0 Å². The molecular formula is C8H6Cl4. The maximum Gasteiger partial charge on any atom is 0.101 e. The van der Waals surface area contributed by atoms with Crippen molar-refractivity contribution in [1.29, 1.82) is 0 Å². The summed E-state index contributed by atoms with van der Waals surface area (Å²) in [6.45, 7) is 0. The number of rotatable bonds is 0. The highest BCUT2D eigenvalue weighted by atomic mass is 35.5. The molecule has 0 heterocycles. The monoisotopic (exact) mass is 242 g/mol. The fourth-order valence-corrected chi connectivity index (χ4v) is 4.73. The van der Waals surface area contributed by atoms with Crippen LogP contribution < -0.4 is 0 Å². The molecule has 4 heteroatoms. The number of halogens is 4. The Kier molecular flexibility index (Phi) is 1.34. The Morgan fingerprint density at radius 1 is 1.33 bits per heavy atom. The van der Waals surface area contributed by atoms with Gasteiger partial charge in [-0.15, -0.1) is 34.8 Å². The molecule has 0 aliphatic heterocycles. The van der Waals surface area contributed by atoms with Crippen molar-refractivity contribution < 1.29 is 0 Å². The van der Waals surface area contributed by atoms with E-state index in [-0.39, 0.29) is 5.38 Å². The zero-order valence-electron chi connectivity index (χ0n) is 6.03. The molecule has 0 amide bonds. The molecule has 3 aliphatic rings. The van der Waals surface area contributed by atoms with Crippen molar-refractivity contribution in [2.45, 2.75) is 21.5 Å². The maximum absolute atomic E-state index is 6.36. The maximum atomic E-state index is 6.36. The van der Waals surface area contributed by atoms with E-state index in [9.17, 15) is 0 Å². The summed E-state index contributed by atoms with van der Waals surface area (Å²) in [5.74, 6) is 0.873. The molecule has 2 fully saturated rings. The molecular weight excluding hydrogens is 238 g/mol. The van der Waals surface area contributed by atoms with Crippen LogP contribution in [0.1, 0.15) is 6.42 Å². The smallest absolute Gasteiger partial charge is 0.101 e. The average molecular weight is 244 g/mol. The Hall–Kier alpha value is 0.900. The summed E-state index contributed by atoms with van der Waals surface area (Å²) in [6, 6.07) is 0. The van der Waals surface area contributed by atoms with Gasteiger partial charge in [0.05, 0.1) is 10.3 Å². The summed E-state index contributed by atoms with van der Waals surface area (Å²) < 4.78 is 0. The second-order valence-electron chi connectivity index (χ2n) is 3.90. The first kappa shape index (κ1) is 8.23. The van der Waals surface area contributed by atoms with Crippen LogP contribution >= 0.6 is 46.4 Å². The van der Waals surface area contributed by atoms with E-state index in [1.807, 2.05) is 6.08 Å². The fraction of sp³-hybridized carbons (Fsp3) is 0.750. The van der Waals surface area contributed by atoms with Crippen LogP contribution in [-0.4, -0.2) is 15.1 Å². The second kappa shape index (κ2) is 1.95. The van der Waals surface area contributed by atoms with Gasteiger partial charge in [-0.1, -0.05) is 11.6 Å². The zero-order valence-corrected chi connectivity index (χ0v) is 9.05. The molecule has 0 spiro atoms. The van der Waals surface area contributed by atoms with Crippen LogP contribution in [0.15, 0.2) is 11.1 Å². The summed E-state index contributed by atoms with van der Waals surface area (Å²) in [5, 5.41) is 0.419. The second-order valence-corrected chi connectivity index (χ2v) is 6.02. The van der Waals surface area contributed by atoms with Crippen LogP contribution in [0.25, 0.3) is 0 Å². The predicted octanol–water partition coefficient (Wildman–Crippen LogP) is 3.34. The Morgan fingerprint density at radius 3 is 2.42 bits per heavy atom. The van der Waals surface area contributed by atoms with E-state index >= 15 is 0 Å². The van der Waals surface area contributed by atoms with Crippen LogP contribution in [0.4, 0.5) is 0 Å². The highest BCUT2D eigenvalue weighted by molar-refractivity contribution is 6.49. The quantitative estimate of drug-likeness (QED) is 0.573. The standard InChI is InChI=1S/C8H6Cl4/c9-5-2-7(11)3-1-4(3)8(5,12)6(7)10/h2-4,6H,1H2/t3-,4+,6?,7+,8+/m0/s1. The molecule has 66 valence electrons. The minimum absolute atomic E-state index is 0.232. The van der Waals surface area contributed by atoms with Gasteiger partial charge >= 0.3 is 0 Å². The highest BCUT2D eigenvalue weighted by Crippen LogP contribution is 2.75. The van der Waals surface area contributed by atoms with Crippen LogP contribution in [0.3, 0.4) is 0 Å². The zero-order chi connectivity index (χ0) is 8.72. The first-order chi connectivity index (χ1) is 5.51. The lowest BCUT2D eigenvalue weighted by Crippen LogP contribution is -2.35. The first-order valence-corrected chi connectivity index (χ1v) is 5.49. The van der Waals surface area contributed by atoms with Crippen molar-refractivity contribution in [3.05, 3.63) is 11.1 Å². The topological polar surface area (TPSA) is 0 Å². The SMILES string of the molecule is ClC1=C[C@]2(Cl)C(Cl)[C@@]1(Cl)[C@@H]1C[C@@H]12. The molecule has 0 radical (unpaired) electrons. The summed E-state index contributed by atoms with van der Waals surface area (Å²) >= 11 is 24.9. The van der Waals surface area contributed by atoms with Crippen LogP contribution in [0.2, 0.25) is 0 Å². The summed E-state index contributed by atoms with van der Waals surface area (Å²) in [4.78, 5) is -0.999. The molecule has 3 aliphatic carbocycles. The van der Waals surface area contributed by atoms with Gasteiger partial charge in [-0.3, -0.25) is 0 Å². The molecule has 0 aromatic heterocycles. The van der Waals surface area contributed by atoms with Gasteiger partial charge in [-0.2, -0.15) is 0 Å². The van der Waals surface area contributed by atoms with Crippen molar-refractivity contribution >= 4 is 46.4 Å². The summed E-state index contributed by atoms with van der Waals surface area (Å²) in [5.41, 5.74) is 0. The molecule has 2 bridgehead atoms. The van der Waals surface area contributed by atoms with E-state index < -0.39 is 9.75 Å². The first-order valence-electron chi connectivity index (χ1n) is 3.92. The lowest BCUT2D eigenvalue weighted by Gasteiger charge is -2.25. The third-order valence-corrected chi connectivity index (χ3v) is 6.13. The van der Waals surface area contributed by atoms with E-state index in [2.05, 4.69) is 0 Å². The Bertz CT molecular complexity index is 299. The number of hydrogen-bond donors (Lipinski definition) is 0. The third kappa shape index (κ3) is 0.609. The normalized spacial score (nSPS) is 66.3. The van der Waals surface area contributed by atoms with E-state index in [0.717, 1.165) is 6.42 Å². The molecule has 0 aromatic carbocycles. The average Bonchev–Trinajstić information content (AvgIpc) is 2.72. The number of hydrogen-bond acceptors (Lipinski definition) is 0. The lowest BCUT2D eigenvalue weighted by molar-refractivity contribution is 0.630. The molecule has 3 rings (SSSR count). The van der Waals surface area contributed by atoms with E-state index in [4.69, 9.17) is 46.4 Å². The molecule has 1 unspecified atom stereocenters. The predicted molar refractivity (Wildman–Crippen MR) is 52.3 cm³/mol. The Labute approximate surface area is 90.8 Å². The van der Waals surface area contributed by atoms with Crippen LogP contribution in [0, 0.1) is 11.8 Å². The highest BCUT2D eigenvalue weighted by Gasteiger charge is 2.77. The number of allylic oxidation sites excluding steroid dienone is 2. The van der Waals surface area contributed by atoms with Crippen molar-refractivity contribution in [2.75, 3.05) is 0 Å². The molecule has 0 N–H and O–H groups in total. The van der Waals surface area contributed by atoms with Gasteiger partial charge in [0.15, 0.2) is 0 Å². The summed E-state index contributed by atoms with van der Waals surface area (Å²) in [7, 11) is 0. The van der Waals surface area contributed by atoms with Crippen molar-refractivity contribution in [3.8, 4) is 0 Å². The van der Waals surface area contributed by atoms with Crippen molar-refractivity contribution in [2.24, 2.45) is 11.8 Å². The number of alkyl halides is 3. The summed E-state index contributed by atoms with van der Waals surface area (Å²) in [6.07, 6.45) is 2.91.